The molecule has 1 aliphatic heterocycles. The first kappa shape index (κ1) is 17.3. The van der Waals surface area contributed by atoms with E-state index in [0.29, 0.717) is 6.61 Å². The van der Waals surface area contributed by atoms with E-state index in [1.807, 2.05) is 43.0 Å². The molecule has 1 aromatic carbocycles. The molecular weight excluding hydrogens is 316 g/mol. The van der Waals surface area contributed by atoms with Crippen molar-refractivity contribution in [2.75, 3.05) is 13.1 Å². The lowest BCUT2D eigenvalue weighted by molar-refractivity contribution is -0.130. The van der Waals surface area contributed by atoms with Gasteiger partial charge in [-0.3, -0.25) is 9.59 Å². The molecule has 0 unspecified atom stereocenters. The van der Waals surface area contributed by atoms with E-state index in [0.717, 1.165) is 42.8 Å². The summed E-state index contributed by atoms with van der Waals surface area (Å²) in [5, 5.41) is 0. The summed E-state index contributed by atoms with van der Waals surface area (Å²) in [4.78, 5) is 26.5. The van der Waals surface area contributed by atoms with Crippen LogP contribution in [0.2, 0.25) is 0 Å². The molecule has 0 N–H and O–H groups in total. The quantitative estimate of drug-likeness (QED) is 0.841. The highest BCUT2D eigenvalue weighted by atomic mass is 16.5. The van der Waals surface area contributed by atoms with Gasteiger partial charge in [-0.25, -0.2) is 0 Å². The van der Waals surface area contributed by atoms with Gasteiger partial charge in [-0.15, -0.1) is 0 Å². The number of nitrogens with zero attached hydrogens (tertiary/aromatic N) is 2. The van der Waals surface area contributed by atoms with Crippen LogP contribution in [-0.2, 0) is 17.9 Å². The van der Waals surface area contributed by atoms with Crippen molar-refractivity contribution in [1.29, 1.82) is 0 Å². The van der Waals surface area contributed by atoms with Gasteiger partial charge in [0.25, 0.3) is 0 Å². The van der Waals surface area contributed by atoms with Gasteiger partial charge in [0.1, 0.15) is 13.2 Å². The Morgan fingerprint density at radius 3 is 2.60 bits per heavy atom. The molecule has 5 nitrogen and oxygen atoms in total. The van der Waals surface area contributed by atoms with Crippen LogP contribution >= 0.6 is 0 Å². The van der Waals surface area contributed by atoms with Crippen LogP contribution in [0.4, 0.5) is 0 Å². The fourth-order valence-electron chi connectivity index (χ4n) is 3.07. The third-order valence-electron chi connectivity index (χ3n) is 4.72. The highest BCUT2D eigenvalue weighted by Crippen LogP contribution is 2.14. The summed E-state index contributed by atoms with van der Waals surface area (Å²) in [5.41, 5.74) is 2.78. The number of ether oxygens (including phenoxy) is 1. The van der Waals surface area contributed by atoms with Crippen molar-refractivity contribution in [1.82, 2.24) is 9.47 Å². The first-order valence-electron chi connectivity index (χ1n) is 8.71. The lowest BCUT2D eigenvalue weighted by atomic mass is 10.1. The Bertz CT molecular complexity index is 820. The van der Waals surface area contributed by atoms with Crippen molar-refractivity contribution < 1.29 is 9.53 Å². The van der Waals surface area contributed by atoms with Crippen LogP contribution in [0.3, 0.4) is 0 Å². The van der Waals surface area contributed by atoms with Gasteiger partial charge in [-0.05, 0) is 37.8 Å². The van der Waals surface area contributed by atoms with Gasteiger partial charge in [0, 0.05) is 24.8 Å². The summed E-state index contributed by atoms with van der Waals surface area (Å²) < 4.78 is 7.55. The first-order chi connectivity index (χ1) is 12.0. The van der Waals surface area contributed by atoms with Crippen LogP contribution in [0.1, 0.15) is 29.7 Å². The van der Waals surface area contributed by atoms with E-state index in [2.05, 4.69) is 0 Å². The first-order valence-corrected chi connectivity index (χ1v) is 8.71. The number of carbonyl (C=O) groups is 1. The third kappa shape index (κ3) is 4.10. The van der Waals surface area contributed by atoms with Crippen molar-refractivity contribution in [3.05, 3.63) is 63.6 Å². The number of hydrogen-bond acceptors (Lipinski definition) is 3. The summed E-state index contributed by atoms with van der Waals surface area (Å²) in [7, 11) is 0. The monoisotopic (exact) mass is 340 g/mol. The van der Waals surface area contributed by atoms with Crippen LogP contribution in [0, 0.1) is 13.8 Å². The lowest BCUT2D eigenvalue weighted by Gasteiger charge is -2.18. The summed E-state index contributed by atoms with van der Waals surface area (Å²) in [5.74, 6) is 0.372. The third-order valence-corrected chi connectivity index (χ3v) is 4.72. The van der Waals surface area contributed by atoms with Crippen LogP contribution < -0.4 is 10.2 Å². The van der Waals surface area contributed by atoms with Crippen molar-refractivity contribution in [2.24, 2.45) is 0 Å². The maximum absolute atomic E-state index is 12.4. The second-order valence-corrected chi connectivity index (χ2v) is 6.57. The van der Waals surface area contributed by atoms with Gasteiger partial charge in [0.05, 0.1) is 6.20 Å². The summed E-state index contributed by atoms with van der Waals surface area (Å²) in [6.45, 7) is 6.09. The number of rotatable bonds is 5. The Hall–Kier alpha value is -2.56. The van der Waals surface area contributed by atoms with E-state index in [-0.39, 0.29) is 23.6 Å². The maximum atomic E-state index is 12.4. The molecule has 1 amide bonds. The SMILES string of the molecule is Cc1ccccc1COc1cn(CC(=O)N2CCCC2)c(C)cc1=O. The molecule has 2 aromatic rings. The molecule has 0 bridgehead atoms. The van der Waals surface area contributed by atoms with E-state index in [1.54, 1.807) is 10.8 Å². The fourth-order valence-corrected chi connectivity index (χ4v) is 3.07. The molecule has 0 atom stereocenters. The molecule has 0 saturated carbocycles. The average Bonchev–Trinajstić information content (AvgIpc) is 3.12. The second kappa shape index (κ2) is 7.55. The molecule has 132 valence electrons. The number of carbonyl (C=O) groups excluding carboxylic acids is 1. The normalized spacial score (nSPS) is 13.9. The topological polar surface area (TPSA) is 51.5 Å². The number of aromatic nitrogens is 1. The number of benzene rings is 1. The molecule has 25 heavy (non-hydrogen) atoms. The minimum absolute atomic E-state index is 0.0918. The van der Waals surface area contributed by atoms with Crippen LogP contribution in [-0.4, -0.2) is 28.5 Å². The Kier molecular flexibility index (Phi) is 5.22. The highest BCUT2D eigenvalue weighted by Gasteiger charge is 2.18. The van der Waals surface area contributed by atoms with Gasteiger partial charge in [0.2, 0.25) is 11.3 Å². The molecule has 5 heteroatoms. The zero-order valence-electron chi connectivity index (χ0n) is 14.8. The van der Waals surface area contributed by atoms with Crippen LogP contribution in [0.5, 0.6) is 5.75 Å². The van der Waals surface area contributed by atoms with E-state index in [9.17, 15) is 9.59 Å². The van der Waals surface area contributed by atoms with Crippen molar-refractivity contribution >= 4 is 5.91 Å². The molecule has 1 fully saturated rings. The predicted molar refractivity (Wildman–Crippen MR) is 96.8 cm³/mol. The molecule has 0 spiro atoms. The van der Waals surface area contributed by atoms with E-state index in [4.69, 9.17) is 4.74 Å². The summed E-state index contributed by atoms with van der Waals surface area (Å²) in [6, 6.07) is 9.46. The van der Waals surface area contributed by atoms with Crippen molar-refractivity contribution in [3.8, 4) is 5.75 Å². The predicted octanol–water partition coefficient (Wildman–Crippen LogP) is 2.67. The van der Waals surface area contributed by atoms with Gasteiger partial charge in [-0.2, -0.15) is 0 Å². The molecule has 0 radical (unpaired) electrons. The van der Waals surface area contributed by atoms with Gasteiger partial charge in [-0.1, -0.05) is 24.3 Å². The van der Waals surface area contributed by atoms with E-state index < -0.39 is 0 Å². The Labute approximate surface area is 147 Å². The molecule has 1 saturated heterocycles. The smallest absolute Gasteiger partial charge is 0.242 e. The van der Waals surface area contributed by atoms with Gasteiger partial charge in [0.15, 0.2) is 5.75 Å². The second-order valence-electron chi connectivity index (χ2n) is 6.57. The van der Waals surface area contributed by atoms with E-state index in [1.165, 1.54) is 6.07 Å². The molecule has 2 heterocycles. The fraction of sp³-hybridized carbons (Fsp3) is 0.400. The number of amides is 1. The zero-order chi connectivity index (χ0) is 17.8. The molecule has 3 rings (SSSR count). The Balaban J connectivity index is 1.74. The maximum Gasteiger partial charge on any atom is 0.242 e. The Morgan fingerprint density at radius 2 is 1.88 bits per heavy atom. The summed E-state index contributed by atoms with van der Waals surface area (Å²) in [6.07, 6.45) is 3.79. The van der Waals surface area contributed by atoms with Crippen LogP contribution in [0.15, 0.2) is 41.3 Å². The number of hydrogen-bond donors (Lipinski definition) is 0. The van der Waals surface area contributed by atoms with Crippen molar-refractivity contribution in [3.63, 3.8) is 0 Å². The molecule has 1 aliphatic rings. The molecule has 0 aliphatic carbocycles. The van der Waals surface area contributed by atoms with Crippen molar-refractivity contribution in [2.45, 2.75) is 39.8 Å². The average molecular weight is 340 g/mol. The minimum Gasteiger partial charge on any atom is -0.483 e. The largest absolute Gasteiger partial charge is 0.483 e. The van der Waals surface area contributed by atoms with Gasteiger partial charge < -0.3 is 14.2 Å². The summed E-state index contributed by atoms with van der Waals surface area (Å²) >= 11 is 0. The zero-order valence-corrected chi connectivity index (χ0v) is 14.8. The van der Waals surface area contributed by atoms with Crippen LogP contribution in [0.25, 0.3) is 0 Å². The standard InChI is InChI=1S/C20H24N2O3/c1-15-7-3-4-8-17(15)14-25-19-12-22(16(2)11-18(19)23)13-20(24)21-9-5-6-10-21/h3-4,7-8,11-12H,5-6,9-10,13-14H2,1-2H3. The van der Waals surface area contributed by atoms with Gasteiger partial charge >= 0.3 is 0 Å². The number of pyridine rings is 1. The highest BCUT2D eigenvalue weighted by molar-refractivity contribution is 5.76. The molecule has 1 aromatic heterocycles. The number of aryl methyl sites for hydroxylation is 2. The minimum atomic E-state index is -0.157. The molecular formula is C20H24N2O3. The lowest BCUT2D eigenvalue weighted by Crippen LogP contribution is -2.31. The Morgan fingerprint density at radius 1 is 1.16 bits per heavy atom. The number of likely N-dealkylation sites (tertiary alicyclic amines) is 1. The van der Waals surface area contributed by atoms with E-state index >= 15 is 0 Å².